The Balaban J connectivity index is 0.000000591. The van der Waals surface area contributed by atoms with Gasteiger partial charge in [0.15, 0.2) is 58.6 Å². The molecule has 93 heavy (non-hydrogen) atoms. The molecule has 0 aliphatic rings. The molecule has 5 rings (SSSR count). The predicted octanol–water partition coefficient (Wildman–Crippen LogP) is 14.9. The highest BCUT2D eigenvalue weighted by Gasteiger charge is 2.27. The molecular weight excluding hydrogens is 1780 g/mol. The Morgan fingerprint density at radius 1 is 0.409 bits per heavy atom. The molecule has 0 saturated heterocycles. The van der Waals surface area contributed by atoms with Crippen LogP contribution in [0.5, 0.6) is 86.2 Å². The average molecular weight is 1860 g/mol. The van der Waals surface area contributed by atoms with Gasteiger partial charge < -0.3 is 81.3 Å². The van der Waals surface area contributed by atoms with Crippen molar-refractivity contribution in [2.75, 3.05) is 48.8 Å². The number of aromatic hydroxyl groups is 2. The molecule has 0 heterocycles. The van der Waals surface area contributed by atoms with Crippen LogP contribution in [0.4, 0.5) is 0 Å². The molecule has 0 aliphatic heterocycles. The molecule has 0 amide bonds. The summed E-state index contributed by atoms with van der Waals surface area (Å²) < 4.78 is 82.2. The topological polar surface area (TPSA) is 281 Å². The maximum absolute atomic E-state index is 11.9. The molecule has 506 valence electrons. The van der Waals surface area contributed by atoms with Gasteiger partial charge in [0, 0.05) is 92.2 Å². The quantitative estimate of drug-likeness (QED) is 0.0191. The lowest BCUT2D eigenvalue weighted by Crippen LogP contribution is -2.18. The van der Waals surface area contributed by atoms with Gasteiger partial charge in [-0.25, -0.2) is 14.4 Å². The van der Waals surface area contributed by atoms with E-state index in [0.29, 0.717) is 75.5 Å². The van der Waals surface area contributed by atoms with E-state index in [4.69, 9.17) is 71.1 Å². The summed E-state index contributed by atoms with van der Waals surface area (Å²) in [5, 5.41) is 18.8. The van der Waals surface area contributed by atoms with E-state index in [9.17, 15) is 39.0 Å². The number of rotatable bonds is 24. The average Bonchev–Trinajstić information content (AvgIpc) is 0.841. The number of hydrogen-bond acceptors (Lipinski definition) is 23. The summed E-state index contributed by atoms with van der Waals surface area (Å²) >= 11 is 9.95. The number of carbonyl (C=O) groups is 6. The van der Waals surface area contributed by atoms with Crippen molar-refractivity contribution < 1.29 is 110 Å². The molecule has 0 fully saturated rings. The van der Waals surface area contributed by atoms with Crippen molar-refractivity contribution in [3.63, 3.8) is 0 Å². The first-order valence-corrected chi connectivity index (χ1v) is 32.3. The van der Waals surface area contributed by atoms with Gasteiger partial charge in [-0.05, 0) is 180 Å². The Labute approximate surface area is 609 Å². The van der Waals surface area contributed by atoms with Crippen molar-refractivity contribution in [1.29, 1.82) is 0 Å². The van der Waals surface area contributed by atoms with Crippen LogP contribution in [0.1, 0.15) is 80.4 Å². The monoisotopic (exact) mass is 1860 g/mol. The second-order valence-corrected chi connectivity index (χ2v) is 23.9. The number of hydrogen-bond donors (Lipinski definition) is 2. The molecule has 5 aromatic carbocycles. The molecule has 0 radical (unpaired) electrons. The van der Waals surface area contributed by atoms with Crippen molar-refractivity contribution in [3.05, 3.63) is 127 Å². The van der Waals surface area contributed by atoms with Crippen LogP contribution in [0.3, 0.4) is 0 Å². The van der Waals surface area contributed by atoms with Crippen LogP contribution in [0.2, 0.25) is 0 Å². The van der Waals surface area contributed by atoms with Crippen LogP contribution >= 0.6 is 113 Å². The van der Waals surface area contributed by atoms with E-state index in [2.05, 4.69) is 78.1 Å². The van der Waals surface area contributed by atoms with Gasteiger partial charge in [0.2, 0.25) is 17.2 Å². The smallest absolute Gasteiger partial charge is 0.338 e. The van der Waals surface area contributed by atoms with E-state index < -0.39 is 48.4 Å². The zero-order chi connectivity index (χ0) is 71.1. The number of methoxy groups -OCH3 is 5. The fourth-order valence-electron chi connectivity index (χ4n) is 6.58. The Morgan fingerprint density at radius 2 is 0.774 bits per heavy atom. The van der Waals surface area contributed by atoms with Gasteiger partial charge in [0.05, 0.1) is 53.4 Å². The Morgan fingerprint density at radius 3 is 1.19 bits per heavy atom. The third kappa shape index (κ3) is 28.1. The maximum Gasteiger partial charge on any atom is 0.338 e. The Hall–Kier alpha value is -6.61. The molecule has 0 aromatic heterocycles. The first kappa shape index (κ1) is 84.4. The van der Waals surface area contributed by atoms with Gasteiger partial charge in [-0.2, -0.15) is 0 Å². The zero-order valence-electron chi connectivity index (χ0n) is 53.7. The van der Waals surface area contributed by atoms with Gasteiger partial charge in [-0.1, -0.05) is 45.0 Å². The summed E-state index contributed by atoms with van der Waals surface area (Å²) in [6.45, 7) is 34.6. The minimum absolute atomic E-state index is 0.0765. The zero-order valence-corrected chi connectivity index (χ0v) is 64.5. The van der Waals surface area contributed by atoms with Crippen molar-refractivity contribution in [2.45, 2.75) is 81.8 Å². The minimum Gasteiger partial charge on any atom is -0.507 e. The Bertz CT molecular complexity index is 3530. The van der Waals surface area contributed by atoms with Gasteiger partial charge in [-0.15, -0.1) is 0 Å². The summed E-state index contributed by atoms with van der Waals surface area (Å²) in [4.78, 5) is 68.3. The summed E-state index contributed by atoms with van der Waals surface area (Å²) in [5.74, 6) is 0.940. The van der Waals surface area contributed by atoms with Crippen LogP contribution < -0.4 is 61.6 Å². The molecule has 28 heteroatoms. The number of halogens is 5. The fraction of sp³-hybridized carbons (Fsp3) is 0.292. The van der Waals surface area contributed by atoms with E-state index >= 15 is 0 Å². The number of ether oxygens (including phenoxy) is 15. The molecule has 0 aliphatic carbocycles. The summed E-state index contributed by atoms with van der Waals surface area (Å²) in [5.41, 5.74) is 2.43. The molecule has 0 saturated carbocycles. The van der Waals surface area contributed by atoms with Gasteiger partial charge in [-0.3, -0.25) is 14.4 Å². The lowest BCUT2D eigenvalue weighted by Gasteiger charge is -2.21. The van der Waals surface area contributed by atoms with Crippen LogP contribution in [0, 0.1) is 17.9 Å². The molecule has 2 atom stereocenters. The Kier molecular flexibility index (Phi) is 38.7. The highest BCUT2D eigenvalue weighted by atomic mass is 127. The van der Waals surface area contributed by atoms with E-state index in [1.807, 2.05) is 93.8 Å². The SMILES string of the molecule is C=C(C)C(=O)Oc1cc(I)c(O)cc1OC.C=C(C)C(=O)Oc1cc(I)c(OC(C)=O)c(OC)c1.C=C(C)C(=O)Oc1cc(I)c(OC(C)=O)c(OC)c1OC(C)OCC.C=Cc1cc(I)c(O)cc1OC.C=Cc1cc(I)c(OC(C)=O)c(OC)c1OC(C)OCC. The van der Waals surface area contributed by atoms with Crippen LogP contribution in [0.25, 0.3) is 12.2 Å². The molecule has 0 bridgehead atoms. The molecule has 23 nitrogen and oxygen atoms in total. The lowest BCUT2D eigenvalue weighted by atomic mass is 10.1. The van der Waals surface area contributed by atoms with Crippen LogP contribution in [-0.4, -0.2) is 107 Å². The van der Waals surface area contributed by atoms with Crippen molar-refractivity contribution in [1.82, 2.24) is 0 Å². The van der Waals surface area contributed by atoms with Crippen LogP contribution in [0.15, 0.2) is 98.1 Å². The largest absolute Gasteiger partial charge is 0.507 e. The molecule has 5 aromatic rings. The van der Waals surface area contributed by atoms with Gasteiger partial charge in [0.1, 0.15) is 23.0 Å². The van der Waals surface area contributed by atoms with E-state index in [1.165, 1.54) is 80.4 Å². The highest BCUT2D eigenvalue weighted by molar-refractivity contribution is 14.1. The first-order valence-electron chi connectivity index (χ1n) is 26.9. The van der Waals surface area contributed by atoms with Crippen molar-refractivity contribution in [3.8, 4) is 86.2 Å². The highest BCUT2D eigenvalue weighted by Crippen LogP contribution is 2.49. The van der Waals surface area contributed by atoms with Crippen molar-refractivity contribution >= 4 is 161 Å². The number of carbonyl (C=O) groups excluding carboxylic acids is 6. The van der Waals surface area contributed by atoms with Crippen molar-refractivity contribution in [2.24, 2.45) is 0 Å². The second kappa shape index (κ2) is 42.7. The second-order valence-electron chi connectivity index (χ2n) is 18.1. The van der Waals surface area contributed by atoms with E-state index in [-0.39, 0.29) is 51.4 Å². The standard InChI is InChI=1S/C17H21IO7.C15H19IO5.C13H13IO5.C11H11IO4.C9H9IO2/c1-7-22-11(5)24-15-13(25-17(20)9(2)3)8-12(18)14(16(15)21-6)23-10(4)19;1-6-11-8-12(16)14(20-9(3)17)15(18-5)13(11)21-10(4)19-7-2;1-7(2)13(16)19-9-5-10(14)12(18-8(3)15)11(6-9)17-4;1-6(2)11(14)16-10-4-7(12)8(13)5-9(10)15-3;1-3-6-4-7(10)8(11)5-9(6)12-2/h8,11H,2,7H2,1,3-6H3;6,8,10H,1,7H2,2-5H3;5-6H,1H2,2-4H3;4-5,13H,1H2,2-3H3;3-5,11H,1H2,2H3. The molecular formula is C65H73I5O23. The number of phenols is 2. The predicted molar refractivity (Wildman–Crippen MR) is 391 cm³/mol. The third-order valence-corrected chi connectivity index (χ3v) is 14.8. The fourth-order valence-corrected chi connectivity index (χ4v) is 9.52. The third-order valence-electron chi connectivity index (χ3n) is 10.6. The molecule has 2 unspecified atom stereocenters. The summed E-state index contributed by atoms with van der Waals surface area (Å²) in [6.07, 6.45) is 2.23. The molecule has 0 spiro atoms. The van der Waals surface area contributed by atoms with Crippen LogP contribution in [-0.2, 0) is 38.2 Å². The lowest BCUT2D eigenvalue weighted by molar-refractivity contribution is -0.133. The van der Waals surface area contributed by atoms with Gasteiger partial charge in [0.25, 0.3) is 0 Å². The number of benzene rings is 5. The normalized spacial score (nSPS) is 10.6. The number of esters is 6. The summed E-state index contributed by atoms with van der Waals surface area (Å²) in [7, 11) is 7.31. The minimum atomic E-state index is -0.647. The van der Waals surface area contributed by atoms with E-state index in [1.54, 1.807) is 59.1 Å². The summed E-state index contributed by atoms with van der Waals surface area (Å²) in [6, 6.07) is 12.7. The molecule has 2 N–H and O–H groups in total. The number of phenolic OH excluding ortho intramolecular Hbond substituents is 2. The maximum atomic E-state index is 11.9. The first-order chi connectivity index (χ1) is 43.6. The van der Waals surface area contributed by atoms with Gasteiger partial charge >= 0.3 is 35.8 Å². The van der Waals surface area contributed by atoms with E-state index in [0.717, 1.165) is 18.3 Å².